The molecule has 1 aromatic carbocycles. The van der Waals surface area contributed by atoms with Gasteiger partial charge in [-0.15, -0.1) is 0 Å². The van der Waals surface area contributed by atoms with Gasteiger partial charge in [-0.05, 0) is 24.3 Å². The van der Waals surface area contributed by atoms with E-state index in [0.29, 0.717) is 5.69 Å². The molecule has 0 fully saturated rings. The van der Waals surface area contributed by atoms with E-state index in [2.05, 4.69) is 5.10 Å². The number of aromatic nitrogens is 2. The van der Waals surface area contributed by atoms with Crippen LogP contribution in [0.15, 0.2) is 30.5 Å². The number of halogens is 2. The molecule has 6 heteroatoms. The van der Waals surface area contributed by atoms with E-state index in [-0.39, 0.29) is 17.1 Å². The number of phenolic OH excluding ortho intramolecular Hbond substituents is 1. The summed E-state index contributed by atoms with van der Waals surface area (Å²) < 4.78 is 26.4. The number of phenols is 1. The molecule has 84 valence electrons. The van der Waals surface area contributed by atoms with Gasteiger partial charge < -0.3 is 10.8 Å². The van der Waals surface area contributed by atoms with Gasteiger partial charge >= 0.3 is 0 Å². The van der Waals surface area contributed by atoms with Crippen LogP contribution in [-0.2, 0) is 0 Å². The first-order valence-corrected chi connectivity index (χ1v) is 4.50. The molecule has 0 aliphatic carbocycles. The molecule has 0 atom stereocenters. The lowest BCUT2D eigenvalue weighted by Crippen LogP contribution is -2.03. The maximum atomic E-state index is 12.7. The lowest BCUT2D eigenvalue weighted by Gasteiger charge is -2.07. The van der Waals surface area contributed by atoms with Crippen LogP contribution in [0.2, 0.25) is 0 Å². The molecule has 2 aromatic rings. The van der Waals surface area contributed by atoms with Crippen molar-refractivity contribution < 1.29 is 13.9 Å². The molecule has 0 amide bonds. The third-order valence-electron chi connectivity index (χ3n) is 2.14. The number of nitrogen functional groups attached to an aromatic ring is 1. The molecule has 3 N–H and O–H groups in total. The molecule has 0 aliphatic heterocycles. The number of aromatic hydroxyl groups is 1. The minimum Gasteiger partial charge on any atom is -0.508 e. The Kier molecular flexibility index (Phi) is 2.47. The van der Waals surface area contributed by atoms with Crippen molar-refractivity contribution in [1.82, 2.24) is 9.78 Å². The van der Waals surface area contributed by atoms with Crippen LogP contribution in [0.5, 0.6) is 5.75 Å². The Labute approximate surface area is 89.9 Å². The van der Waals surface area contributed by atoms with E-state index in [1.807, 2.05) is 0 Å². The van der Waals surface area contributed by atoms with Crippen LogP contribution < -0.4 is 5.73 Å². The second-order valence-electron chi connectivity index (χ2n) is 3.21. The Morgan fingerprint density at radius 2 is 1.88 bits per heavy atom. The van der Waals surface area contributed by atoms with Crippen LogP contribution in [0.1, 0.15) is 12.1 Å². The molecule has 1 heterocycles. The minimum atomic E-state index is -2.70. The van der Waals surface area contributed by atoms with E-state index in [9.17, 15) is 8.78 Å². The van der Waals surface area contributed by atoms with Crippen molar-refractivity contribution in [2.45, 2.75) is 6.43 Å². The lowest BCUT2D eigenvalue weighted by atomic mass is 10.3. The fourth-order valence-electron chi connectivity index (χ4n) is 1.39. The first kappa shape index (κ1) is 10.4. The number of anilines is 1. The van der Waals surface area contributed by atoms with Gasteiger partial charge in [-0.25, -0.2) is 13.5 Å². The van der Waals surface area contributed by atoms with Gasteiger partial charge in [0.2, 0.25) is 0 Å². The quantitative estimate of drug-likeness (QED) is 0.822. The van der Waals surface area contributed by atoms with E-state index >= 15 is 0 Å². The Morgan fingerprint density at radius 3 is 2.44 bits per heavy atom. The third-order valence-corrected chi connectivity index (χ3v) is 2.14. The van der Waals surface area contributed by atoms with Gasteiger partial charge in [-0.2, -0.15) is 5.10 Å². The van der Waals surface area contributed by atoms with Gasteiger partial charge in [0.15, 0.2) is 0 Å². The van der Waals surface area contributed by atoms with Crippen LogP contribution in [0.3, 0.4) is 0 Å². The van der Waals surface area contributed by atoms with Crippen molar-refractivity contribution in [3.05, 3.63) is 36.2 Å². The summed E-state index contributed by atoms with van der Waals surface area (Å²) >= 11 is 0. The monoisotopic (exact) mass is 225 g/mol. The van der Waals surface area contributed by atoms with Crippen molar-refractivity contribution in [1.29, 1.82) is 0 Å². The van der Waals surface area contributed by atoms with Crippen molar-refractivity contribution in [2.75, 3.05) is 5.73 Å². The molecular weight excluding hydrogens is 216 g/mol. The van der Waals surface area contributed by atoms with Crippen molar-refractivity contribution in [2.24, 2.45) is 0 Å². The van der Waals surface area contributed by atoms with Crippen molar-refractivity contribution in [3.8, 4) is 11.4 Å². The second kappa shape index (κ2) is 3.80. The number of hydrogen-bond donors (Lipinski definition) is 2. The van der Waals surface area contributed by atoms with Gasteiger partial charge in [-0.3, -0.25) is 0 Å². The number of benzene rings is 1. The van der Waals surface area contributed by atoms with Gasteiger partial charge in [0.25, 0.3) is 6.43 Å². The van der Waals surface area contributed by atoms with E-state index in [1.165, 1.54) is 30.5 Å². The van der Waals surface area contributed by atoms with Crippen LogP contribution in [0.25, 0.3) is 5.69 Å². The predicted octanol–water partition coefficient (Wildman–Crippen LogP) is 2.10. The normalized spacial score (nSPS) is 10.9. The maximum Gasteiger partial charge on any atom is 0.282 e. The highest BCUT2D eigenvalue weighted by Crippen LogP contribution is 2.27. The molecular formula is C10H9F2N3O. The van der Waals surface area contributed by atoms with Crippen molar-refractivity contribution >= 4 is 5.69 Å². The maximum absolute atomic E-state index is 12.7. The molecule has 4 nitrogen and oxygen atoms in total. The number of rotatable bonds is 2. The van der Waals surface area contributed by atoms with E-state index < -0.39 is 6.43 Å². The molecule has 0 bridgehead atoms. The molecule has 0 saturated carbocycles. The van der Waals surface area contributed by atoms with Crippen LogP contribution >= 0.6 is 0 Å². The summed E-state index contributed by atoms with van der Waals surface area (Å²) in [5.41, 5.74) is 5.42. The molecule has 16 heavy (non-hydrogen) atoms. The zero-order chi connectivity index (χ0) is 11.7. The van der Waals surface area contributed by atoms with E-state index in [1.54, 1.807) is 0 Å². The smallest absolute Gasteiger partial charge is 0.282 e. The fourth-order valence-corrected chi connectivity index (χ4v) is 1.39. The Balaban J connectivity index is 2.52. The lowest BCUT2D eigenvalue weighted by molar-refractivity contribution is 0.143. The SMILES string of the molecule is Nc1cnn(-c2ccc(O)cc2)c1C(F)F. The van der Waals surface area contributed by atoms with Gasteiger partial charge in [0.1, 0.15) is 11.4 Å². The van der Waals surface area contributed by atoms with Gasteiger partial charge in [0, 0.05) is 0 Å². The Hall–Kier alpha value is -2.11. The zero-order valence-corrected chi connectivity index (χ0v) is 8.14. The second-order valence-corrected chi connectivity index (χ2v) is 3.21. The van der Waals surface area contributed by atoms with Crippen LogP contribution in [-0.4, -0.2) is 14.9 Å². The standard InChI is InChI=1S/C10H9F2N3O/c11-10(12)9-8(13)5-14-15(9)6-1-3-7(16)4-2-6/h1-5,10,16H,13H2. The Morgan fingerprint density at radius 1 is 1.25 bits per heavy atom. The summed E-state index contributed by atoms with van der Waals surface area (Å²) in [7, 11) is 0. The van der Waals surface area contributed by atoms with E-state index in [4.69, 9.17) is 10.8 Å². The van der Waals surface area contributed by atoms with E-state index in [0.717, 1.165) is 4.68 Å². The zero-order valence-electron chi connectivity index (χ0n) is 8.14. The number of nitrogens with two attached hydrogens (primary N) is 1. The topological polar surface area (TPSA) is 64.1 Å². The molecule has 0 spiro atoms. The average molecular weight is 225 g/mol. The summed E-state index contributed by atoms with van der Waals surface area (Å²) in [6.45, 7) is 0. The van der Waals surface area contributed by atoms with Crippen LogP contribution in [0, 0.1) is 0 Å². The summed E-state index contributed by atoms with van der Waals surface area (Å²) in [6.07, 6.45) is -1.52. The van der Waals surface area contributed by atoms with Gasteiger partial charge in [0.05, 0.1) is 17.6 Å². The highest BCUT2D eigenvalue weighted by molar-refractivity contribution is 5.47. The number of nitrogens with zero attached hydrogens (tertiary/aromatic N) is 2. The highest BCUT2D eigenvalue weighted by atomic mass is 19.3. The molecule has 2 rings (SSSR count). The first-order valence-electron chi connectivity index (χ1n) is 4.50. The van der Waals surface area contributed by atoms with Crippen LogP contribution in [0.4, 0.5) is 14.5 Å². The predicted molar refractivity (Wildman–Crippen MR) is 54.6 cm³/mol. The summed E-state index contributed by atoms with van der Waals surface area (Å²) in [5.74, 6) is 0.0578. The van der Waals surface area contributed by atoms with Gasteiger partial charge in [-0.1, -0.05) is 0 Å². The average Bonchev–Trinajstić information content (AvgIpc) is 2.61. The molecule has 0 aliphatic rings. The largest absolute Gasteiger partial charge is 0.508 e. The number of hydrogen-bond acceptors (Lipinski definition) is 3. The number of alkyl halides is 2. The minimum absolute atomic E-state index is 0.0527. The fraction of sp³-hybridized carbons (Fsp3) is 0.100. The molecule has 1 aromatic heterocycles. The summed E-state index contributed by atoms with van der Waals surface area (Å²) in [4.78, 5) is 0. The molecule has 0 saturated heterocycles. The molecule has 0 radical (unpaired) electrons. The van der Waals surface area contributed by atoms with Crippen molar-refractivity contribution in [3.63, 3.8) is 0 Å². The Bertz CT molecular complexity index is 493. The molecule has 0 unspecified atom stereocenters. The third kappa shape index (κ3) is 1.69. The summed E-state index contributed by atoms with van der Waals surface area (Å²) in [5, 5.41) is 12.9. The first-order chi connectivity index (χ1) is 7.59. The summed E-state index contributed by atoms with van der Waals surface area (Å²) in [6, 6.07) is 5.74. The highest BCUT2D eigenvalue weighted by Gasteiger charge is 2.19.